The first-order valence-corrected chi connectivity index (χ1v) is 16.9. The predicted octanol–water partition coefficient (Wildman–Crippen LogP) is 5.15. The number of rotatable bonds is 18. The van der Waals surface area contributed by atoms with Gasteiger partial charge in [0.05, 0.1) is 20.0 Å². The highest BCUT2D eigenvalue weighted by Crippen LogP contribution is 2.05. The lowest BCUT2D eigenvalue weighted by Gasteiger charge is -2.13. The number of nitrogens with one attached hydrogen (secondary N) is 6. The molecule has 2 rings (SSSR count). The Balaban J connectivity index is 1.41. The van der Waals surface area contributed by atoms with E-state index in [1.54, 1.807) is 0 Å². The Labute approximate surface area is 289 Å². The highest BCUT2D eigenvalue weighted by atomic mass is 32.1. The molecule has 12 heteroatoms. The minimum atomic E-state index is 0.695. The molecule has 0 radical (unpaired) electrons. The molecule has 0 unspecified atom stereocenters. The maximum atomic E-state index is 5.45. The fraction of sp³-hybridized carbons (Fsp3) is 0.419. The first-order valence-electron chi connectivity index (χ1n) is 14.4. The van der Waals surface area contributed by atoms with Crippen molar-refractivity contribution >= 4 is 103 Å². The summed E-state index contributed by atoms with van der Waals surface area (Å²) in [5, 5.41) is 19.7. The van der Waals surface area contributed by atoms with Gasteiger partial charge >= 0.3 is 0 Å². The Hall–Kier alpha value is -2.22. The third-order valence-electron chi connectivity index (χ3n) is 6.25. The molecule has 2 aromatic carbocycles. The first kappa shape index (κ1) is 37.0. The van der Waals surface area contributed by atoms with Gasteiger partial charge in [0.25, 0.3) is 0 Å². The van der Waals surface area contributed by atoms with Crippen molar-refractivity contribution in [1.29, 1.82) is 0 Å². The predicted molar refractivity (Wildman–Crippen MR) is 207 cm³/mol. The summed E-state index contributed by atoms with van der Waals surface area (Å²) < 4.78 is 0. The van der Waals surface area contributed by atoms with E-state index in [1.807, 2.05) is 24.3 Å². The molecule has 0 aliphatic rings. The second-order valence-corrected chi connectivity index (χ2v) is 12.8. The van der Waals surface area contributed by atoms with Crippen molar-refractivity contribution in [3.8, 4) is 0 Å². The number of hydrogen-bond donors (Lipinski definition) is 6. The van der Waals surface area contributed by atoms with E-state index in [9.17, 15) is 0 Å². The van der Waals surface area contributed by atoms with E-state index < -0.39 is 0 Å². The molecule has 6 N–H and O–H groups in total. The third kappa shape index (κ3) is 17.0. The van der Waals surface area contributed by atoms with E-state index in [-0.39, 0.29) is 0 Å². The van der Waals surface area contributed by atoms with Gasteiger partial charge in [0.15, 0.2) is 0 Å². The molecule has 0 spiro atoms. The maximum Gasteiger partial charge on any atom is 0.106 e. The van der Waals surface area contributed by atoms with Gasteiger partial charge in [-0.2, -0.15) is 0 Å². The first-order chi connectivity index (χ1) is 20.6. The molecule has 0 aliphatic heterocycles. The molecule has 0 heterocycles. The highest BCUT2D eigenvalue weighted by molar-refractivity contribution is 7.81. The summed E-state index contributed by atoms with van der Waals surface area (Å²) in [6.07, 6.45) is 3.81. The zero-order chi connectivity index (χ0) is 31.5. The fourth-order valence-electron chi connectivity index (χ4n) is 3.72. The zero-order valence-electron chi connectivity index (χ0n) is 24.8. The monoisotopic (exact) mass is 690 g/mol. The summed E-state index contributed by atoms with van der Waals surface area (Å²) in [4.78, 5) is 4.72. The van der Waals surface area contributed by atoms with Crippen molar-refractivity contribution in [1.82, 2.24) is 31.9 Å². The molecule has 0 saturated heterocycles. The number of thiocarbonyl (C=S) groups is 6. The smallest absolute Gasteiger partial charge is 0.106 e. The van der Waals surface area contributed by atoms with Crippen molar-refractivity contribution in [2.45, 2.75) is 46.0 Å². The van der Waals surface area contributed by atoms with Crippen LogP contribution in [0, 0.1) is 13.8 Å². The third-order valence-corrected chi connectivity index (χ3v) is 8.40. The lowest BCUT2D eigenvalue weighted by Crippen LogP contribution is -2.33. The molecule has 232 valence electrons. The molecular formula is C31H42N6S6. The average Bonchev–Trinajstić information content (AvgIpc) is 2.97. The topological polar surface area (TPSA) is 72.2 Å². The van der Waals surface area contributed by atoms with Crippen molar-refractivity contribution < 1.29 is 0 Å². The molecule has 0 fully saturated rings. The van der Waals surface area contributed by atoms with Gasteiger partial charge in [-0.05, 0) is 20.3 Å². The summed E-state index contributed by atoms with van der Waals surface area (Å²) in [5.74, 6) is 0. The Morgan fingerprint density at radius 3 is 1.02 bits per heavy atom. The quantitative estimate of drug-likeness (QED) is 0.0927. The molecule has 43 heavy (non-hydrogen) atoms. The summed E-state index contributed by atoms with van der Waals surface area (Å²) >= 11 is 32.7. The fourth-order valence-corrected chi connectivity index (χ4v) is 5.01. The Bertz CT molecular complexity index is 1130. The normalized spacial score (nSPS) is 10.3. The van der Waals surface area contributed by atoms with Crippen LogP contribution in [0.3, 0.4) is 0 Å². The van der Waals surface area contributed by atoms with Crippen LogP contribution in [0.1, 0.15) is 54.4 Å². The molecule has 0 saturated carbocycles. The Morgan fingerprint density at radius 2 is 0.698 bits per heavy atom. The van der Waals surface area contributed by atoms with Gasteiger partial charge in [0, 0.05) is 76.1 Å². The number of benzene rings is 2. The van der Waals surface area contributed by atoms with Crippen LogP contribution in [0.15, 0.2) is 48.5 Å². The Kier molecular flexibility index (Phi) is 18.5. The lowest BCUT2D eigenvalue weighted by atomic mass is 10.1. The van der Waals surface area contributed by atoms with E-state index in [0.29, 0.717) is 26.2 Å². The van der Waals surface area contributed by atoms with Crippen LogP contribution in [-0.4, -0.2) is 69.2 Å². The molecule has 0 atom stereocenters. The van der Waals surface area contributed by atoms with E-state index in [2.05, 4.69) is 70.0 Å². The molecule has 2 aromatic rings. The van der Waals surface area contributed by atoms with E-state index in [0.717, 1.165) is 86.3 Å². The van der Waals surface area contributed by atoms with Crippen LogP contribution in [0.25, 0.3) is 0 Å². The standard InChI is InChI=1S/C31H42N6S6/c1-22-4-8-24(9-5-22)30(42)36-20-14-28(40)34-18-12-26(38)32-16-3-17-33-27(39)13-19-35-29(41)15-21-37-31(43)25-10-6-23(2)7-11-25/h4-11H,3,12-21H2,1-2H3,(H,32,38)(H,33,39)(H,34,40)(H,35,41)(H,36,42)(H,37,43). The van der Waals surface area contributed by atoms with E-state index in [1.165, 1.54) is 11.1 Å². The zero-order valence-corrected chi connectivity index (χ0v) is 29.7. The minimum Gasteiger partial charge on any atom is -0.380 e. The summed E-state index contributed by atoms with van der Waals surface area (Å²) in [5.41, 5.74) is 4.47. The molecule has 0 bridgehead atoms. The summed E-state index contributed by atoms with van der Waals surface area (Å²) in [7, 11) is 0. The van der Waals surface area contributed by atoms with Crippen LogP contribution < -0.4 is 31.9 Å². The van der Waals surface area contributed by atoms with Crippen LogP contribution in [-0.2, 0) is 0 Å². The number of aryl methyl sites for hydroxylation is 2. The van der Waals surface area contributed by atoms with Gasteiger partial charge in [0.2, 0.25) is 0 Å². The average molecular weight is 691 g/mol. The molecule has 0 aliphatic carbocycles. The van der Waals surface area contributed by atoms with Gasteiger partial charge in [0.1, 0.15) is 9.98 Å². The van der Waals surface area contributed by atoms with Crippen molar-refractivity contribution in [3.63, 3.8) is 0 Å². The highest BCUT2D eigenvalue weighted by Gasteiger charge is 2.04. The van der Waals surface area contributed by atoms with Gasteiger partial charge in [-0.25, -0.2) is 0 Å². The molecule has 0 amide bonds. The van der Waals surface area contributed by atoms with Crippen molar-refractivity contribution in [3.05, 3.63) is 70.8 Å². The van der Waals surface area contributed by atoms with Gasteiger partial charge in [-0.3, -0.25) is 0 Å². The number of hydrogen-bond acceptors (Lipinski definition) is 6. The lowest BCUT2D eigenvalue weighted by molar-refractivity contribution is 0.731. The van der Waals surface area contributed by atoms with Gasteiger partial charge in [-0.1, -0.05) is 133 Å². The second-order valence-electron chi connectivity index (χ2n) is 10.00. The summed E-state index contributed by atoms with van der Waals surface area (Å²) in [6.45, 7) is 8.51. The SMILES string of the molecule is Cc1ccc(C(=S)NCCC(=S)NCCC(=S)NCCCNC(=S)CCNC(=S)CCNC(=S)c2ccc(C)cc2)cc1. The van der Waals surface area contributed by atoms with Crippen LogP contribution in [0.2, 0.25) is 0 Å². The Morgan fingerprint density at radius 1 is 0.419 bits per heavy atom. The van der Waals surface area contributed by atoms with Crippen molar-refractivity contribution in [2.75, 3.05) is 39.3 Å². The summed E-state index contributed by atoms with van der Waals surface area (Å²) in [6, 6.07) is 16.3. The van der Waals surface area contributed by atoms with Gasteiger partial charge < -0.3 is 31.9 Å². The van der Waals surface area contributed by atoms with Crippen LogP contribution in [0.5, 0.6) is 0 Å². The van der Waals surface area contributed by atoms with Gasteiger partial charge in [-0.15, -0.1) is 0 Å². The molecular weight excluding hydrogens is 649 g/mol. The molecule has 0 aromatic heterocycles. The van der Waals surface area contributed by atoms with E-state index in [4.69, 9.17) is 73.3 Å². The van der Waals surface area contributed by atoms with Crippen LogP contribution >= 0.6 is 73.3 Å². The second kappa shape index (κ2) is 21.5. The van der Waals surface area contributed by atoms with E-state index >= 15 is 0 Å². The molecule has 6 nitrogen and oxygen atoms in total. The minimum absolute atomic E-state index is 0.695. The maximum absolute atomic E-state index is 5.45. The van der Waals surface area contributed by atoms with Crippen molar-refractivity contribution in [2.24, 2.45) is 0 Å². The largest absolute Gasteiger partial charge is 0.380 e. The van der Waals surface area contributed by atoms with Crippen LogP contribution in [0.4, 0.5) is 0 Å².